The van der Waals surface area contributed by atoms with Crippen LogP contribution in [0.2, 0.25) is 5.02 Å². The fourth-order valence-corrected chi connectivity index (χ4v) is 8.33. The van der Waals surface area contributed by atoms with Gasteiger partial charge < -0.3 is 5.32 Å². The highest BCUT2D eigenvalue weighted by molar-refractivity contribution is 8.00. The molecular weight excluding hydrogens is 657 g/mol. The van der Waals surface area contributed by atoms with Crippen molar-refractivity contribution in [2.45, 2.75) is 28.9 Å². The molecule has 45 heavy (non-hydrogen) atoms. The van der Waals surface area contributed by atoms with Gasteiger partial charge in [0.1, 0.15) is 11.8 Å². The molecule has 3 atom stereocenters. The topological polar surface area (TPSA) is 132 Å². The average Bonchev–Trinajstić information content (AvgIpc) is 3.43. The first kappa shape index (κ1) is 30.6. The Morgan fingerprint density at radius 2 is 1.64 bits per heavy atom. The number of hydrogen-bond acceptors (Lipinski definition) is 8. The highest BCUT2D eigenvalue weighted by Gasteiger charge is 2.57. The lowest BCUT2D eigenvalue weighted by molar-refractivity contribution is -0.384. The van der Waals surface area contributed by atoms with Gasteiger partial charge in [0.2, 0.25) is 17.7 Å². The van der Waals surface area contributed by atoms with E-state index in [9.17, 15) is 42.5 Å². The number of nitro benzene ring substituents is 1. The van der Waals surface area contributed by atoms with Crippen LogP contribution in [-0.2, 0) is 27.1 Å². The van der Waals surface area contributed by atoms with E-state index in [-0.39, 0.29) is 16.4 Å². The molecule has 1 N–H and O–H groups in total. The molecule has 0 spiro atoms. The average molecular weight is 675 g/mol. The van der Waals surface area contributed by atoms with Gasteiger partial charge in [-0.25, -0.2) is 4.90 Å². The summed E-state index contributed by atoms with van der Waals surface area (Å²) in [6, 6.07) is 15.9. The number of alkyl halides is 3. The van der Waals surface area contributed by atoms with Crippen LogP contribution in [0.15, 0.2) is 82.6 Å². The van der Waals surface area contributed by atoms with Crippen molar-refractivity contribution in [1.82, 2.24) is 4.57 Å². The zero-order valence-corrected chi connectivity index (χ0v) is 24.9. The maximum atomic E-state index is 13.9. The summed E-state index contributed by atoms with van der Waals surface area (Å²) in [6.07, 6.45) is -4.73. The van der Waals surface area contributed by atoms with Crippen molar-refractivity contribution >= 4 is 69.5 Å². The Balaban J connectivity index is 1.39. The van der Waals surface area contributed by atoms with Crippen LogP contribution < -0.4 is 15.1 Å². The Bertz CT molecular complexity index is 1930. The van der Waals surface area contributed by atoms with Crippen molar-refractivity contribution in [2.24, 2.45) is 5.92 Å². The molecule has 3 aromatic carbocycles. The number of aromatic nitrogens is 1. The van der Waals surface area contributed by atoms with Gasteiger partial charge in [-0.15, -0.1) is 0 Å². The van der Waals surface area contributed by atoms with Gasteiger partial charge in [-0.2, -0.15) is 13.2 Å². The number of non-ortho nitro benzene ring substituents is 1. The minimum absolute atomic E-state index is 0.129. The SMILES string of the molecule is O=C(Cn1c2c(sc1=O)C(c1ccc(Cl)cc1)C1C(=O)N(c3ccc([N+](=O)[O-])cc3)C(=O)C1S2)Nc1ccccc1C(F)(F)F. The van der Waals surface area contributed by atoms with Crippen LogP contribution in [0.25, 0.3) is 0 Å². The Labute approximate surface area is 264 Å². The Morgan fingerprint density at radius 1 is 0.978 bits per heavy atom. The second-order valence-corrected chi connectivity index (χ2v) is 12.7. The fourth-order valence-electron chi connectivity index (χ4n) is 5.44. The maximum absolute atomic E-state index is 13.9. The molecular formula is C29H18ClF3N4O6S2. The lowest BCUT2D eigenvalue weighted by Gasteiger charge is -2.30. The minimum Gasteiger partial charge on any atom is -0.324 e. The highest BCUT2D eigenvalue weighted by atomic mass is 35.5. The van der Waals surface area contributed by atoms with Crippen LogP contribution in [0.1, 0.15) is 21.9 Å². The molecule has 3 unspecified atom stereocenters. The third-order valence-electron chi connectivity index (χ3n) is 7.41. The molecule has 2 aliphatic rings. The number of carbonyl (C=O) groups is 3. The number of amides is 3. The van der Waals surface area contributed by atoms with Gasteiger partial charge in [-0.1, -0.05) is 59.0 Å². The molecule has 6 rings (SSSR count). The summed E-state index contributed by atoms with van der Waals surface area (Å²) < 4.78 is 41.5. The van der Waals surface area contributed by atoms with Crippen LogP contribution in [0.4, 0.5) is 30.2 Å². The number of nitrogens with zero attached hydrogens (tertiary/aromatic N) is 3. The van der Waals surface area contributed by atoms with Crippen molar-refractivity contribution < 1.29 is 32.5 Å². The zero-order chi connectivity index (χ0) is 32.2. The standard InChI is InChI=1S/C29H18ClF3N4O6S2/c30-15-7-5-14(6-8-15)21-22-23(26(40)36(25(22)39)16-9-11-17(12-10-16)37(42)43)44-27-24(21)45-28(41)35(27)13-20(38)34-19-4-2-1-3-18(19)29(31,32)33/h1-12,21-23H,13H2,(H,34,38). The second kappa shape index (κ2) is 11.5. The number of thiazole rings is 1. The van der Waals surface area contributed by atoms with Crippen LogP contribution in [0.5, 0.6) is 0 Å². The largest absolute Gasteiger partial charge is 0.418 e. The quantitative estimate of drug-likeness (QED) is 0.152. The first-order valence-corrected chi connectivity index (χ1v) is 15.2. The van der Waals surface area contributed by atoms with Gasteiger partial charge in [0.25, 0.3) is 5.69 Å². The third kappa shape index (κ3) is 5.51. The van der Waals surface area contributed by atoms with E-state index in [1.165, 1.54) is 36.4 Å². The van der Waals surface area contributed by atoms with E-state index in [0.717, 1.165) is 44.7 Å². The monoisotopic (exact) mass is 674 g/mol. The zero-order valence-electron chi connectivity index (χ0n) is 22.5. The van der Waals surface area contributed by atoms with Gasteiger partial charge in [0, 0.05) is 28.0 Å². The molecule has 0 aliphatic carbocycles. The predicted molar refractivity (Wildman–Crippen MR) is 161 cm³/mol. The lowest BCUT2D eigenvalue weighted by atomic mass is 9.83. The van der Waals surface area contributed by atoms with Crippen LogP contribution >= 0.6 is 34.7 Å². The molecule has 0 radical (unpaired) electrons. The van der Waals surface area contributed by atoms with Crippen LogP contribution in [0, 0.1) is 16.0 Å². The van der Waals surface area contributed by atoms with E-state index in [1.54, 1.807) is 24.3 Å². The molecule has 1 aromatic heterocycles. The molecule has 10 nitrogen and oxygen atoms in total. The summed E-state index contributed by atoms with van der Waals surface area (Å²) in [7, 11) is 0. The number of imide groups is 1. The summed E-state index contributed by atoms with van der Waals surface area (Å²) >= 11 is 7.79. The van der Waals surface area contributed by atoms with Gasteiger partial charge >= 0.3 is 11.0 Å². The van der Waals surface area contributed by atoms with Crippen molar-refractivity contribution in [2.75, 3.05) is 10.2 Å². The molecule has 4 aromatic rings. The molecule has 0 bridgehead atoms. The number of anilines is 2. The van der Waals surface area contributed by atoms with E-state index in [2.05, 4.69) is 5.32 Å². The minimum atomic E-state index is -4.73. The highest BCUT2D eigenvalue weighted by Crippen LogP contribution is 2.54. The molecule has 0 saturated carbocycles. The number of nitro groups is 1. The predicted octanol–water partition coefficient (Wildman–Crippen LogP) is 5.92. The third-order valence-corrected chi connectivity index (χ3v) is 10.3. The summed E-state index contributed by atoms with van der Waals surface area (Å²) in [6.45, 7) is -0.650. The number of para-hydroxylation sites is 1. The van der Waals surface area contributed by atoms with Crippen LogP contribution in [0.3, 0.4) is 0 Å². The summed E-state index contributed by atoms with van der Waals surface area (Å²) in [5, 5.41) is 12.9. The molecule has 2 aliphatic heterocycles. The van der Waals surface area contributed by atoms with E-state index in [0.29, 0.717) is 15.5 Å². The number of carbonyl (C=O) groups excluding carboxylic acids is 3. The van der Waals surface area contributed by atoms with Gasteiger partial charge in [0.15, 0.2) is 0 Å². The van der Waals surface area contributed by atoms with Crippen molar-refractivity contribution in [3.63, 3.8) is 0 Å². The van der Waals surface area contributed by atoms with E-state index in [4.69, 9.17) is 11.6 Å². The molecule has 3 heterocycles. The fraction of sp³-hybridized carbons (Fsp3) is 0.172. The maximum Gasteiger partial charge on any atom is 0.418 e. The van der Waals surface area contributed by atoms with E-state index < -0.39 is 68.6 Å². The first-order chi connectivity index (χ1) is 21.3. The number of thioether (sulfide) groups is 1. The smallest absolute Gasteiger partial charge is 0.324 e. The molecule has 230 valence electrons. The number of rotatable bonds is 6. The van der Waals surface area contributed by atoms with Gasteiger partial charge in [-0.05, 0) is 42.0 Å². The van der Waals surface area contributed by atoms with Crippen molar-refractivity contribution in [3.05, 3.63) is 114 Å². The Kier molecular flexibility index (Phi) is 7.79. The number of halogens is 4. The molecule has 1 fully saturated rings. The summed E-state index contributed by atoms with van der Waals surface area (Å²) in [4.78, 5) is 65.2. The van der Waals surface area contributed by atoms with Crippen molar-refractivity contribution in [3.8, 4) is 0 Å². The van der Waals surface area contributed by atoms with Crippen molar-refractivity contribution in [1.29, 1.82) is 0 Å². The van der Waals surface area contributed by atoms with Gasteiger partial charge in [-0.3, -0.25) is 33.9 Å². The molecule has 3 amide bonds. The van der Waals surface area contributed by atoms with Crippen LogP contribution in [-0.4, -0.2) is 32.5 Å². The first-order valence-electron chi connectivity index (χ1n) is 13.1. The Morgan fingerprint density at radius 3 is 2.29 bits per heavy atom. The number of fused-ring (bicyclic) bond motifs is 2. The second-order valence-electron chi connectivity index (χ2n) is 10.1. The van der Waals surface area contributed by atoms with E-state index in [1.807, 2.05) is 0 Å². The summed E-state index contributed by atoms with van der Waals surface area (Å²) in [5.41, 5.74) is -1.07. The molecule has 1 saturated heterocycles. The normalized spacial score (nSPS) is 19.3. The number of hydrogen-bond donors (Lipinski definition) is 1. The number of benzene rings is 3. The Hall–Kier alpha value is -4.47. The van der Waals surface area contributed by atoms with E-state index >= 15 is 0 Å². The number of nitrogens with one attached hydrogen (secondary N) is 1. The summed E-state index contributed by atoms with van der Waals surface area (Å²) in [5.74, 6) is -3.89. The molecule has 16 heteroatoms. The lowest BCUT2D eigenvalue weighted by Crippen LogP contribution is -2.33. The van der Waals surface area contributed by atoms with Gasteiger partial charge in [0.05, 0.1) is 32.8 Å².